The molecule has 0 saturated carbocycles. The summed E-state index contributed by atoms with van der Waals surface area (Å²) in [5.74, 6) is -0.162. The molecule has 0 saturated heterocycles. The van der Waals surface area contributed by atoms with Crippen molar-refractivity contribution in [3.8, 4) is 0 Å². The number of unbranched alkanes of at least 4 members (excludes halogenated alkanes) is 4. The summed E-state index contributed by atoms with van der Waals surface area (Å²) in [4.78, 5) is 23.2. The zero-order valence-corrected chi connectivity index (χ0v) is 21.7. The molecule has 0 bridgehead atoms. The SMILES string of the molecule is CCCC(CC)C(=O)NCC(F)COCCCCCOCCOCCCCCNC(=O)COC. The highest BCUT2D eigenvalue weighted by molar-refractivity contribution is 5.78. The quantitative estimate of drug-likeness (QED) is 0.190. The van der Waals surface area contributed by atoms with E-state index in [0.717, 1.165) is 57.8 Å². The molecule has 2 unspecified atom stereocenters. The van der Waals surface area contributed by atoms with Crippen LogP contribution in [-0.4, -0.2) is 84.4 Å². The highest BCUT2D eigenvalue weighted by atomic mass is 19.1. The van der Waals surface area contributed by atoms with E-state index in [9.17, 15) is 14.0 Å². The van der Waals surface area contributed by atoms with Crippen molar-refractivity contribution in [1.29, 1.82) is 0 Å². The van der Waals surface area contributed by atoms with Gasteiger partial charge >= 0.3 is 0 Å². The number of carbonyl (C=O) groups is 2. The Morgan fingerprint density at radius 2 is 1.44 bits per heavy atom. The number of methoxy groups -OCH3 is 1. The van der Waals surface area contributed by atoms with Crippen LogP contribution in [0.1, 0.15) is 71.6 Å². The van der Waals surface area contributed by atoms with Gasteiger partial charge in [0, 0.05) is 39.4 Å². The Hall–Kier alpha value is -1.29. The first-order valence-corrected chi connectivity index (χ1v) is 13.0. The third kappa shape index (κ3) is 21.3. The first kappa shape index (κ1) is 32.7. The van der Waals surface area contributed by atoms with Gasteiger partial charge in [-0.25, -0.2) is 4.39 Å². The standard InChI is InChI=1S/C25H49FN2O6/c1-4-12-22(5-2)25(30)28-19-23(26)20-34-16-11-7-10-15-33-18-17-32-14-9-6-8-13-27-24(29)21-31-3/h22-23H,4-21H2,1-3H3,(H,27,29)(H,28,30). The number of carbonyl (C=O) groups excluding carboxylic acids is 2. The number of ether oxygens (including phenoxy) is 4. The Bertz CT molecular complexity index is 484. The molecule has 202 valence electrons. The molecule has 0 fully saturated rings. The van der Waals surface area contributed by atoms with Gasteiger partial charge in [-0.1, -0.05) is 20.3 Å². The summed E-state index contributed by atoms with van der Waals surface area (Å²) < 4.78 is 35.1. The van der Waals surface area contributed by atoms with E-state index in [-0.39, 0.29) is 37.5 Å². The molecule has 0 aliphatic heterocycles. The molecule has 0 spiro atoms. The summed E-state index contributed by atoms with van der Waals surface area (Å²) in [6.45, 7) is 7.89. The Labute approximate surface area is 206 Å². The molecular formula is C25H49FN2O6. The number of amides is 2. The van der Waals surface area contributed by atoms with Gasteiger partial charge in [-0.3, -0.25) is 9.59 Å². The maximum Gasteiger partial charge on any atom is 0.245 e. The number of rotatable bonds is 25. The molecule has 0 heterocycles. The summed E-state index contributed by atoms with van der Waals surface area (Å²) in [7, 11) is 1.50. The summed E-state index contributed by atoms with van der Waals surface area (Å²) in [6, 6.07) is 0. The second-order valence-electron chi connectivity index (χ2n) is 8.44. The van der Waals surface area contributed by atoms with Crippen molar-refractivity contribution in [3.63, 3.8) is 0 Å². The van der Waals surface area contributed by atoms with Crippen molar-refractivity contribution >= 4 is 11.8 Å². The van der Waals surface area contributed by atoms with E-state index in [1.165, 1.54) is 7.11 Å². The van der Waals surface area contributed by atoms with E-state index in [1.54, 1.807) is 0 Å². The molecule has 0 aromatic heterocycles. The lowest BCUT2D eigenvalue weighted by Crippen LogP contribution is -2.36. The van der Waals surface area contributed by atoms with Gasteiger partial charge < -0.3 is 29.6 Å². The van der Waals surface area contributed by atoms with Gasteiger partial charge in [0.05, 0.1) is 26.4 Å². The summed E-state index contributed by atoms with van der Waals surface area (Å²) in [5.41, 5.74) is 0. The number of nitrogens with one attached hydrogen (secondary N) is 2. The lowest BCUT2D eigenvalue weighted by molar-refractivity contribution is -0.126. The van der Waals surface area contributed by atoms with Crippen LogP contribution in [0.4, 0.5) is 4.39 Å². The average Bonchev–Trinajstić information content (AvgIpc) is 2.83. The van der Waals surface area contributed by atoms with E-state index in [1.807, 2.05) is 13.8 Å². The van der Waals surface area contributed by atoms with Crippen LogP contribution >= 0.6 is 0 Å². The monoisotopic (exact) mass is 492 g/mol. The molecule has 0 aliphatic carbocycles. The molecule has 0 rings (SSSR count). The van der Waals surface area contributed by atoms with Crippen LogP contribution in [0, 0.1) is 5.92 Å². The van der Waals surface area contributed by atoms with Crippen molar-refractivity contribution in [1.82, 2.24) is 10.6 Å². The van der Waals surface area contributed by atoms with Gasteiger partial charge in [0.25, 0.3) is 0 Å². The van der Waals surface area contributed by atoms with Gasteiger partial charge in [0.15, 0.2) is 0 Å². The molecule has 8 nitrogen and oxygen atoms in total. The van der Waals surface area contributed by atoms with Gasteiger partial charge in [-0.15, -0.1) is 0 Å². The molecule has 0 radical (unpaired) electrons. The second-order valence-corrected chi connectivity index (χ2v) is 8.44. The normalized spacial score (nSPS) is 12.9. The molecule has 2 atom stereocenters. The van der Waals surface area contributed by atoms with Crippen molar-refractivity contribution in [2.75, 3.05) is 66.4 Å². The highest BCUT2D eigenvalue weighted by Gasteiger charge is 2.16. The Kier molecular flexibility index (Phi) is 23.9. The van der Waals surface area contributed by atoms with Gasteiger partial charge in [-0.2, -0.15) is 0 Å². The van der Waals surface area contributed by atoms with Crippen LogP contribution < -0.4 is 10.6 Å². The Morgan fingerprint density at radius 1 is 0.824 bits per heavy atom. The molecule has 9 heteroatoms. The molecule has 2 amide bonds. The van der Waals surface area contributed by atoms with E-state index in [4.69, 9.17) is 18.9 Å². The molecule has 2 N–H and O–H groups in total. The number of hydrogen-bond donors (Lipinski definition) is 2. The summed E-state index contributed by atoms with van der Waals surface area (Å²) in [5, 5.41) is 5.48. The fourth-order valence-electron chi connectivity index (χ4n) is 3.32. The van der Waals surface area contributed by atoms with Crippen LogP contribution in [0.3, 0.4) is 0 Å². The van der Waals surface area contributed by atoms with Gasteiger partial charge in [0.2, 0.25) is 11.8 Å². The van der Waals surface area contributed by atoms with Crippen LogP contribution in [-0.2, 0) is 28.5 Å². The Morgan fingerprint density at radius 3 is 2.03 bits per heavy atom. The molecule has 0 aromatic rings. The van der Waals surface area contributed by atoms with E-state index >= 15 is 0 Å². The van der Waals surface area contributed by atoms with Crippen molar-refractivity contribution in [2.24, 2.45) is 5.92 Å². The summed E-state index contributed by atoms with van der Waals surface area (Å²) >= 11 is 0. The van der Waals surface area contributed by atoms with Gasteiger partial charge in [-0.05, 0) is 51.4 Å². The van der Waals surface area contributed by atoms with Crippen molar-refractivity contribution in [2.45, 2.75) is 77.8 Å². The molecule has 0 aliphatic rings. The minimum absolute atomic E-state index is 0.0150. The number of hydrogen-bond acceptors (Lipinski definition) is 6. The topological polar surface area (TPSA) is 95.1 Å². The smallest absolute Gasteiger partial charge is 0.245 e. The highest BCUT2D eigenvalue weighted by Crippen LogP contribution is 2.10. The van der Waals surface area contributed by atoms with Crippen molar-refractivity contribution < 1.29 is 32.9 Å². The number of halogens is 1. The predicted molar refractivity (Wildman–Crippen MR) is 132 cm³/mol. The van der Waals surface area contributed by atoms with Crippen molar-refractivity contribution in [3.05, 3.63) is 0 Å². The molecule has 34 heavy (non-hydrogen) atoms. The van der Waals surface area contributed by atoms with Gasteiger partial charge in [0.1, 0.15) is 12.8 Å². The second kappa shape index (κ2) is 24.8. The maximum absolute atomic E-state index is 13.9. The lowest BCUT2D eigenvalue weighted by Gasteiger charge is -2.15. The third-order valence-corrected chi connectivity index (χ3v) is 5.31. The number of alkyl halides is 1. The Balaban J connectivity index is 3.32. The van der Waals surface area contributed by atoms with E-state index < -0.39 is 6.17 Å². The average molecular weight is 493 g/mol. The zero-order valence-electron chi connectivity index (χ0n) is 21.7. The summed E-state index contributed by atoms with van der Waals surface area (Å²) in [6.07, 6.45) is 7.06. The lowest BCUT2D eigenvalue weighted by atomic mass is 10.00. The minimum Gasteiger partial charge on any atom is -0.379 e. The van der Waals surface area contributed by atoms with Crippen LogP contribution in [0.15, 0.2) is 0 Å². The molecule has 0 aromatic carbocycles. The first-order chi connectivity index (χ1) is 16.5. The van der Waals surface area contributed by atoms with Crippen LogP contribution in [0.25, 0.3) is 0 Å². The largest absolute Gasteiger partial charge is 0.379 e. The minimum atomic E-state index is -1.17. The predicted octanol–water partition coefficient (Wildman–Crippen LogP) is 3.42. The van der Waals surface area contributed by atoms with Crippen LogP contribution in [0.5, 0.6) is 0 Å². The maximum atomic E-state index is 13.9. The zero-order chi connectivity index (χ0) is 25.3. The fourth-order valence-corrected chi connectivity index (χ4v) is 3.32. The van der Waals surface area contributed by atoms with E-state index in [2.05, 4.69) is 10.6 Å². The van der Waals surface area contributed by atoms with E-state index in [0.29, 0.717) is 39.6 Å². The van der Waals surface area contributed by atoms with Crippen LogP contribution in [0.2, 0.25) is 0 Å². The fraction of sp³-hybridized carbons (Fsp3) is 0.920. The first-order valence-electron chi connectivity index (χ1n) is 13.0. The third-order valence-electron chi connectivity index (χ3n) is 5.31. The molecular weight excluding hydrogens is 443 g/mol.